The van der Waals surface area contributed by atoms with Crippen LogP contribution in [0.4, 0.5) is 0 Å². The fourth-order valence-corrected chi connectivity index (χ4v) is 2.41. The molecule has 1 saturated heterocycles. The molecule has 0 aromatic rings. The highest BCUT2D eigenvalue weighted by Crippen LogP contribution is 2.22. The molecular formula is C11H19BrClNO. The molecule has 0 saturated carbocycles. The second kappa shape index (κ2) is 5.67. The molecule has 15 heavy (non-hydrogen) atoms. The molecule has 1 unspecified atom stereocenters. The number of nitrogens with zero attached hydrogens (tertiary/aromatic N) is 1. The Labute approximate surface area is 106 Å². The van der Waals surface area contributed by atoms with Crippen LogP contribution in [0.5, 0.6) is 0 Å². The van der Waals surface area contributed by atoms with Gasteiger partial charge in [0.05, 0.1) is 11.7 Å². The minimum atomic E-state index is -0.0662. The van der Waals surface area contributed by atoms with Gasteiger partial charge in [0.1, 0.15) is 0 Å². The molecule has 88 valence electrons. The van der Waals surface area contributed by atoms with Gasteiger partial charge >= 0.3 is 0 Å². The van der Waals surface area contributed by atoms with Crippen LogP contribution in [0.2, 0.25) is 0 Å². The van der Waals surface area contributed by atoms with Gasteiger partial charge in [0.15, 0.2) is 0 Å². The molecule has 0 aliphatic carbocycles. The zero-order chi connectivity index (χ0) is 11.5. The molecular weight excluding hydrogens is 277 g/mol. The highest BCUT2D eigenvalue weighted by Gasteiger charge is 2.32. The van der Waals surface area contributed by atoms with Crippen molar-refractivity contribution in [1.29, 1.82) is 0 Å². The molecule has 0 N–H and O–H groups in total. The molecule has 2 nitrogen and oxygen atoms in total. The Morgan fingerprint density at radius 3 is 2.87 bits per heavy atom. The number of morpholine rings is 1. The molecule has 1 aliphatic rings. The van der Waals surface area contributed by atoms with E-state index in [9.17, 15) is 0 Å². The van der Waals surface area contributed by atoms with Gasteiger partial charge in [-0.2, -0.15) is 0 Å². The normalized spacial score (nSPS) is 28.1. The van der Waals surface area contributed by atoms with Crippen LogP contribution < -0.4 is 0 Å². The second-order valence-corrected chi connectivity index (χ2v) is 5.64. The van der Waals surface area contributed by atoms with Gasteiger partial charge < -0.3 is 4.74 Å². The van der Waals surface area contributed by atoms with Crippen molar-refractivity contribution < 1.29 is 4.74 Å². The predicted octanol–water partition coefficient (Wildman–Crippen LogP) is 3.00. The summed E-state index contributed by atoms with van der Waals surface area (Å²) in [5.74, 6) is 0. The van der Waals surface area contributed by atoms with E-state index < -0.39 is 0 Å². The fraction of sp³-hybridized carbons (Fsp3) is 0.818. The molecule has 0 radical (unpaired) electrons. The number of hydrogen-bond acceptors (Lipinski definition) is 2. The first-order valence-corrected chi connectivity index (χ1v) is 6.74. The van der Waals surface area contributed by atoms with E-state index in [1.54, 1.807) is 5.54 Å². The first-order chi connectivity index (χ1) is 6.96. The van der Waals surface area contributed by atoms with E-state index in [1.165, 1.54) is 5.57 Å². The predicted molar refractivity (Wildman–Crippen MR) is 68.8 cm³/mol. The lowest BCUT2D eigenvalue weighted by Gasteiger charge is -2.42. The van der Waals surface area contributed by atoms with Crippen molar-refractivity contribution in [2.45, 2.75) is 32.5 Å². The number of rotatable bonds is 3. The lowest BCUT2D eigenvalue weighted by molar-refractivity contribution is -0.124. The van der Waals surface area contributed by atoms with Crippen molar-refractivity contribution in [1.82, 2.24) is 4.90 Å². The van der Waals surface area contributed by atoms with Gasteiger partial charge in [-0.1, -0.05) is 27.5 Å². The number of ether oxygens (including phenoxy) is 1. The highest BCUT2D eigenvalue weighted by molar-refractivity contribution is 9.09. The maximum absolute atomic E-state index is 5.93. The average Bonchev–Trinajstić information content (AvgIpc) is 2.15. The fourth-order valence-electron chi connectivity index (χ4n) is 2.00. The van der Waals surface area contributed by atoms with Crippen molar-refractivity contribution in [2.75, 3.05) is 25.0 Å². The van der Waals surface area contributed by atoms with Crippen LogP contribution in [0.25, 0.3) is 0 Å². The molecule has 1 aliphatic heterocycles. The summed E-state index contributed by atoms with van der Waals surface area (Å²) in [6.45, 7) is 9.18. The van der Waals surface area contributed by atoms with Crippen molar-refractivity contribution in [3.8, 4) is 0 Å². The minimum Gasteiger partial charge on any atom is -0.369 e. The third-order valence-corrected chi connectivity index (χ3v) is 3.48. The molecule has 1 atom stereocenters. The molecule has 0 bridgehead atoms. The summed E-state index contributed by atoms with van der Waals surface area (Å²) in [5.41, 5.74) is 2.79. The summed E-state index contributed by atoms with van der Waals surface area (Å²) in [4.78, 5) is 2.39. The van der Waals surface area contributed by atoms with Crippen LogP contribution in [0.1, 0.15) is 20.8 Å². The van der Waals surface area contributed by atoms with Gasteiger partial charge in [0.2, 0.25) is 0 Å². The SMILES string of the molecule is CC(=CCl)CN1CC(CBr)OC(C)(C)C1. The lowest BCUT2D eigenvalue weighted by Crippen LogP contribution is -2.53. The molecule has 0 aromatic heterocycles. The smallest absolute Gasteiger partial charge is 0.0806 e. The Morgan fingerprint density at radius 1 is 1.67 bits per heavy atom. The summed E-state index contributed by atoms with van der Waals surface area (Å²) in [5, 5.41) is 0.885. The standard InChI is InChI=1S/C11H19BrClNO/c1-9(5-13)6-14-7-10(4-12)15-11(2,3)8-14/h5,10H,4,6-8H2,1-3H3. The van der Waals surface area contributed by atoms with Gasteiger partial charge in [-0.05, 0) is 26.3 Å². The van der Waals surface area contributed by atoms with Gasteiger partial charge in [0.25, 0.3) is 0 Å². The molecule has 0 spiro atoms. The first-order valence-electron chi connectivity index (χ1n) is 5.19. The minimum absolute atomic E-state index is 0.0662. The van der Waals surface area contributed by atoms with Crippen LogP contribution in [0.15, 0.2) is 11.1 Å². The van der Waals surface area contributed by atoms with Crippen LogP contribution in [-0.4, -0.2) is 41.6 Å². The van der Waals surface area contributed by atoms with E-state index in [0.717, 1.165) is 25.0 Å². The summed E-state index contributed by atoms with van der Waals surface area (Å²) in [6.07, 6.45) is 0.275. The largest absolute Gasteiger partial charge is 0.369 e. The Kier molecular flexibility index (Phi) is 5.10. The van der Waals surface area contributed by atoms with Gasteiger partial charge in [-0.15, -0.1) is 0 Å². The lowest BCUT2D eigenvalue weighted by atomic mass is 10.1. The quantitative estimate of drug-likeness (QED) is 0.742. The number of hydrogen-bond donors (Lipinski definition) is 0. The van der Waals surface area contributed by atoms with Gasteiger partial charge in [-0.3, -0.25) is 4.90 Å². The Balaban J connectivity index is 2.58. The van der Waals surface area contributed by atoms with Crippen LogP contribution >= 0.6 is 27.5 Å². The summed E-state index contributed by atoms with van der Waals surface area (Å²) in [6, 6.07) is 0. The van der Waals surface area contributed by atoms with E-state index in [2.05, 4.69) is 41.6 Å². The maximum Gasteiger partial charge on any atom is 0.0806 e. The monoisotopic (exact) mass is 295 g/mol. The van der Waals surface area contributed by atoms with E-state index >= 15 is 0 Å². The van der Waals surface area contributed by atoms with Crippen LogP contribution in [-0.2, 0) is 4.74 Å². The van der Waals surface area contributed by atoms with Crippen molar-refractivity contribution in [3.05, 3.63) is 11.1 Å². The third-order valence-electron chi connectivity index (χ3n) is 2.38. The van der Waals surface area contributed by atoms with Crippen LogP contribution in [0.3, 0.4) is 0 Å². The first kappa shape index (κ1) is 13.5. The van der Waals surface area contributed by atoms with Gasteiger partial charge in [-0.25, -0.2) is 0 Å². The van der Waals surface area contributed by atoms with Crippen LogP contribution in [0, 0.1) is 0 Å². The molecule has 0 aromatic carbocycles. The topological polar surface area (TPSA) is 12.5 Å². The van der Waals surface area contributed by atoms with E-state index in [4.69, 9.17) is 16.3 Å². The summed E-state index contributed by atoms with van der Waals surface area (Å²) in [7, 11) is 0. The van der Waals surface area contributed by atoms with Crippen molar-refractivity contribution in [2.24, 2.45) is 0 Å². The molecule has 4 heteroatoms. The molecule has 1 heterocycles. The molecule has 1 rings (SSSR count). The van der Waals surface area contributed by atoms with Crippen molar-refractivity contribution >= 4 is 27.5 Å². The van der Waals surface area contributed by atoms with E-state index in [1.807, 2.05) is 0 Å². The highest BCUT2D eigenvalue weighted by atomic mass is 79.9. The third kappa shape index (κ3) is 4.43. The zero-order valence-electron chi connectivity index (χ0n) is 9.59. The summed E-state index contributed by atoms with van der Waals surface area (Å²) < 4.78 is 5.93. The number of alkyl halides is 1. The summed E-state index contributed by atoms with van der Waals surface area (Å²) >= 11 is 9.16. The Bertz CT molecular complexity index is 243. The maximum atomic E-state index is 5.93. The van der Waals surface area contributed by atoms with E-state index in [-0.39, 0.29) is 11.7 Å². The second-order valence-electron chi connectivity index (χ2n) is 4.78. The zero-order valence-corrected chi connectivity index (χ0v) is 11.9. The average molecular weight is 297 g/mol. The van der Waals surface area contributed by atoms with Gasteiger partial charge in [0, 0.05) is 30.5 Å². The van der Waals surface area contributed by atoms with Crippen molar-refractivity contribution in [3.63, 3.8) is 0 Å². The molecule has 0 amide bonds. The van der Waals surface area contributed by atoms with E-state index in [0.29, 0.717) is 0 Å². The number of halogens is 2. The Morgan fingerprint density at radius 2 is 2.33 bits per heavy atom. The molecule has 1 fully saturated rings. The Hall–Kier alpha value is 0.430.